The number of halogens is 2. The van der Waals surface area contributed by atoms with Crippen LogP contribution in [0.1, 0.15) is 26.5 Å². The minimum absolute atomic E-state index is 0.0632. The Morgan fingerprint density at radius 3 is 2.54 bits per heavy atom. The number of nitrogens with two attached hydrogens (primary N) is 1. The van der Waals surface area contributed by atoms with Gasteiger partial charge in [-0.25, -0.2) is 8.78 Å². The lowest BCUT2D eigenvalue weighted by Gasteiger charge is -2.09. The first-order chi connectivity index (χ1) is 12.3. The van der Waals surface area contributed by atoms with E-state index in [9.17, 15) is 13.6 Å². The number of amides is 1. The van der Waals surface area contributed by atoms with Gasteiger partial charge in [0.05, 0.1) is 18.5 Å². The molecule has 0 saturated heterocycles. The third-order valence-corrected chi connectivity index (χ3v) is 5.21. The largest absolute Gasteiger partial charge is 0.497 e. The molecule has 0 fully saturated rings. The molecule has 0 radical (unpaired) electrons. The molecule has 1 amide bonds. The molecule has 0 saturated carbocycles. The second-order valence-corrected chi connectivity index (χ2v) is 6.69. The fraction of sp³-hybridized carbons (Fsp3) is 0.235. The van der Waals surface area contributed by atoms with Gasteiger partial charge in [0, 0.05) is 29.6 Å². The number of nitrogens with one attached hydrogen (secondary N) is 1. The van der Waals surface area contributed by atoms with Crippen molar-refractivity contribution in [2.24, 2.45) is 0 Å². The highest BCUT2D eigenvalue weighted by atomic mass is 32.1. The SMILES string of the molecule is COc1cc(F)c(CNC(=O)c2sc3nnc(C)c(C)c3c2N)c(F)c1. The molecule has 0 aliphatic carbocycles. The van der Waals surface area contributed by atoms with E-state index in [2.05, 4.69) is 15.5 Å². The number of nitrogens with zero attached hydrogens (tertiary/aromatic N) is 2. The molecule has 0 atom stereocenters. The number of aromatic nitrogens is 2. The summed E-state index contributed by atoms with van der Waals surface area (Å²) < 4.78 is 32.8. The van der Waals surface area contributed by atoms with E-state index in [0.29, 0.717) is 10.2 Å². The van der Waals surface area contributed by atoms with Crippen molar-refractivity contribution in [3.63, 3.8) is 0 Å². The summed E-state index contributed by atoms with van der Waals surface area (Å²) in [5, 5.41) is 11.2. The second kappa shape index (κ2) is 6.83. The van der Waals surface area contributed by atoms with Crippen LogP contribution in [-0.4, -0.2) is 23.2 Å². The summed E-state index contributed by atoms with van der Waals surface area (Å²) in [5.74, 6) is -2.07. The molecule has 0 spiro atoms. The van der Waals surface area contributed by atoms with E-state index in [4.69, 9.17) is 10.5 Å². The number of carbonyl (C=O) groups excluding carboxylic acids is 1. The number of nitrogen functional groups attached to an aromatic ring is 1. The van der Waals surface area contributed by atoms with Crippen LogP contribution < -0.4 is 15.8 Å². The van der Waals surface area contributed by atoms with Crippen LogP contribution in [-0.2, 0) is 6.54 Å². The van der Waals surface area contributed by atoms with Gasteiger partial charge in [-0.15, -0.1) is 16.4 Å². The summed E-state index contributed by atoms with van der Waals surface area (Å²) in [6, 6.07) is 2.11. The summed E-state index contributed by atoms with van der Waals surface area (Å²) in [7, 11) is 1.31. The van der Waals surface area contributed by atoms with Gasteiger partial charge in [0.2, 0.25) is 0 Å². The molecular formula is C17H16F2N4O2S. The van der Waals surface area contributed by atoms with Crippen molar-refractivity contribution in [3.05, 3.63) is 45.5 Å². The standard InChI is InChI=1S/C17H16F2N4O2S/c1-7-8(2)22-23-17-13(7)14(20)15(26-17)16(24)21-6-10-11(18)4-9(25-3)5-12(10)19/h4-5H,6,20H2,1-3H3,(H,21,24). The monoisotopic (exact) mass is 378 g/mol. The van der Waals surface area contributed by atoms with Crippen molar-refractivity contribution in [2.75, 3.05) is 12.8 Å². The molecule has 3 rings (SSSR count). The van der Waals surface area contributed by atoms with Crippen molar-refractivity contribution in [3.8, 4) is 5.75 Å². The number of thiophene rings is 1. The summed E-state index contributed by atoms with van der Waals surface area (Å²) in [6.07, 6.45) is 0. The molecule has 6 nitrogen and oxygen atoms in total. The number of anilines is 1. The summed E-state index contributed by atoms with van der Waals surface area (Å²) in [5.41, 5.74) is 7.68. The Labute approximate surface area is 152 Å². The Bertz CT molecular complexity index is 997. The number of benzene rings is 1. The zero-order valence-electron chi connectivity index (χ0n) is 14.3. The Hall–Kier alpha value is -2.81. The highest BCUT2D eigenvalue weighted by molar-refractivity contribution is 7.21. The summed E-state index contributed by atoms with van der Waals surface area (Å²) in [4.78, 5) is 13.2. The first kappa shape index (κ1) is 18.0. The molecule has 3 N–H and O–H groups in total. The van der Waals surface area contributed by atoms with E-state index in [1.165, 1.54) is 7.11 Å². The molecule has 136 valence electrons. The van der Waals surface area contributed by atoms with Gasteiger partial charge in [0.25, 0.3) is 5.91 Å². The molecule has 0 bridgehead atoms. The molecule has 26 heavy (non-hydrogen) atoms. The predicted molar refractivity (Wildman–Crippen MR) is 95.4 cm³/mol. The number of hydrogen-bond acceptors (Lipinski definition) is 6. The quantitative estimate of drug-likeness (QED) is 0.728. The van der Waals surface area contributed by atoms with E-state index >= 15 is 0 Å². The van der Waals surface area contributed by atoms with Gasteiger partial charge in [-0.3, -0.25) is 4.79 Å². The van der Waals surface area contributed by atoms with E-state index in [1.807, 2.05) is 6.92 Å². The average Bonchev–Trinajstić information content (AvgIpc) is 2.94. The molecule has 0 aliphatic rings. The summed E-state index contributed by atoms with van der Waals surface area (Å²) in [6.45, 7) is 3.32. The Morgan fingerprint density at radius 2 is 1.92 bits per heavy atom. The molecule has 0 unspecified atom stereocenters. The smallest absolute Gasteiger partial charge is 0.263 e. The number of methoxy groups -OCH3 is 1. The van der Waals surface area contributed by atoms with Crippen molar-refractivity contribution in [1.82, 2.24) is 15.5 Å². The normalized spacial score (nSPS) is 11.0. The number of carbonyl (C=O) groups is 1. The highest BCUT2D eigenvalue weighted by Crippen LogP contribution is 2.34. The van der Waals surface area contributed by atoms with Crippen LogP contribution in [0.3, 0.4) is 0 Å². The van der Waals surface area contributed by atoms with Crippen molar-refractivity contribution in [2.45, 2.75) is 20.4 Å². The first-order valence-corrected chi connectivity index (χ1v) is 8.47. The maximum atomic E-state index is 14.0. The third kappa shape index (κ3) is 3.05. The molecule has 3 aromatic rings. The van der Waals surface area contributed by atoms with E-state index in [-0.39, 0.29) is 28.4 Å². The van der Waals surface area contributed by atoms with Gasteiger partial charge in [-0.05, 0) is 19.4 Å². The molecule has 2 heterocycles. The van der Waals surface area contributed by atoms with Crippen LogP contribution in [0.15, 0.2) is 12.1 Å². The van der Waals surface area contributed by atoms with Crippen LogP contribution in [0.4, 0.5) is 14.5 Å². The van der Waals surface area contributed by atoms with E-state index < -0.39 is 17.5 Å². The van der Waals surface area contributed by atoms with E-state index in [0.717, 1.165) is 34.7 Å². The second-order valence-electron chi connectivity index (χ2n) is 5.69. The van der Waals surface area contributed by atoms with Gasteiger partial charge in [0.15, 0.2) is 0 Å². The topological polar surface area (TPSA) is 90.1 Å². The number of fused-ring (bicyclic) bond motifs is 1. The molecule has 0 aliphatic heterocycles. The van der Waals surface area contributed by atoms with Gasteiger partial charge in [-0.1, -0.05) is 0 Å². The average molecular weight is 378 g/mol. The van der Waals surface area contributed by atoms with Crippen LogP contribution in [0.25, 0.3) is 10.2 Å². The minimum atomic E-state index is -0.802. The van der Waals surface area contributed by atoms with Crippen molar-refractivity contribution < 1.29 is 18.3 Å². The van der Waals surface area contributed by atoms with Crippen molar-refractivity contribution in [1.29, 1.82) is 0 Å². The first-order valence-electron chi connectivity index (χ1n) is 7.65. The number of rotatable bonds is 4. The molecule has 9 heteroatoms. The minimum Gasteiger partial charge on any atom is -0.497 e. The predicted octanol–water partition coefficient (Wildman–Crippen LogP) is 3.11. The van der Waals surface area contributed by atoms with Crippen LogP contribution in [0.2, 0.25) is 0 Å². The zero-order chi connectivity index (χ0) is 19.0. The lowest BCUT2D eigenvalue weighted by molar-refractivity contribution is 0.0955. The van der Waals surface area contributed by atoms with Crippen molar-refractivity contribution >= 4 is 33.1 Å². The number of ether oxygens (including phenoxy) is 1. The van der Waals surface area contributed by atoms with Crippen LogP contribution >= 0.6 is 11.3 Å². The molecule has 2 aromatic heterocycles. The maximum Gasteiger partial charge on any atom is 0.263 e. The molecule has 1 aromatic carbocycles. The summed E-state index contributed by atoms with van der Waals surface area (Å²) >= 11 is 1.09. The van der Waals surface area contributed by atoms with Crippen LogP contribution in [0.5, 0.6) is 5.75 Å². The van der Waals surface area contributed by atoms with E-state index in [1.54, 1.807) is 6.92 Å². The van der Waals surface area contributed by atoms with Gasteiger partial charge in [0.1, 0.15) is 27.1 Å². The highest BCUT2D eigenvalue weighted by Gasteiger charge is 2.21. The zero-order valence-corrected chi connectivity index (χ0v) is 15.1. The fourth-order valence-corrected chi connectivity index (χ4v) is 3.54. The van der Waals surface area contributed by atoms with Gasteiger partial charge >= 0.3 is 0 Å². The Morgan fingerprint density at radius 1 is 1.27 bits per heavy atom. The van der Waals surface area contributed by atoms with Crippen LogP contribution in [0, 0.1) is 25.5 Å². The Balaban J connectivity index is 1.87. The fourth-order valence-electron chi connectivity index (χ4n) is 2.52. The lowest BCUT2D eigenvalue weighted by Crippen LogP contribution is -2.24. The van der Waals surface area contributed by atoms with Gasteiger partial charge in [-0.2, -0.15) is 5.10 Å². The molecular weight excluding hydrogens is 362 g/mol. The Kier molecular flexibility index (Phi) is 4.73. The third-order valence-electron chi connectivity index (χ3n) is 4.12. The number of aryl methyl sites for hydroxylation is 2. The maximum absolute atomic E-state index is 14.0. The number of hydrogen-bond donors (Lipinski definition) is 2. The van der Waals surface area contributed by atoms with Gasteiger partial charge < -0.3 is 15.8 Å². The lowest BCUT2D eigenvalue weighted by atomic mass is 10.1.